The Balaban J connectivity index is 2.87. The van der Waals surface area contributed by atoms with E-state index in [1.54, 1.807) is 6.07 Å². The molecule has 0 aromatic carbocycles. The number of nitrogens with one attached hydrogen (secondary N) is 2. The van der Waals surface area contributed by atoms with E-state index in [1.165, 1.54) is 0 Å². The number of pyridine rings is 1. The SMILES string of the molecule is CCc1[nH]c(=O)c(C(=O)NC[C@@H](C)CC)cc1Br. The van der Waals surface area contributed by atoms with Crippen molar-refractivity contribution in [1.82, 2.24) is 10.3 Å². The maximum atomic E-state index is 11.9. The number of hydrogen-bond acceptors (Lipinski definition) is 2. The number of amides is 1. The zero-order valence-electron chi connectivity index (χ0n) is 11.0. The molecule has 0 fully saturated rings. The number of aromatic amines is 1. The third kappa shape index (κ3) is 3.70. The van der Waals surface area contributed by atoms with Crippen molar-refractivity contribution in [1.29, 1.82) is 0 Å². The van der Waals surface area contributed by atoms with Gasteiger partial charge in [-0.05, 0) is 34.3 Å². The molecule has 18 heavy (non-hydrogen) atoms. The average molecular weight is 315 g/mol. The summed E-state index contributed by atoms with van der Waals surface area (Å²) in [6, 6.07) is 1.59. The van der Waals surface area contributed by atoms with Crippen LogP contribution in [0.5, 0.6) is 0 Å². The molecule has 1 aromatic heterocycles. The van der Waals surface area contributed by atoms with Crippen molar-refractivity contribution in [3.8, 4) is 0 Å². The molecule has 1 amide bonds. The van der Waals surface area contributed by atoms with E-state index in [1.807, 2.05) is 6.92 Å². The van der Waals surface area contributed by atoms with Crippen LogP contribution in [-0.4, -0.2) is 17.4 Å². The summed E-state index contributed by atoms with van der Waals surface area (Å²) < 4.78 is 0.762. The van der Waals surface area contributed by atoms with E-state index in [9.17, 15) is 9.59 Å². The summed E-state index contributed by atoms with van der Waals surface area (Å²) in [5.74, 6) is 0.0892. The van der Waals surface area contributed by atoms with Crippen molar-refractivity contribution in [3.05, 3.63) is 32.2 Å². The van der Waals surface area contributed by atoms with Crippen LogP contribution in [0.1, 0.15) is 43.2 Å². The highest BCUT2D eigenvalue weighted by Crippen LogP contribution is 2.14. The van der Waals surface area contributed by atoms with E-state index >= 15 is 0 Å². The summed E-state index contributed by atoms with van der Waals surface area (Å²) in [4.78, 5) is 26.4. The summed E-state index contributed by atoms with van der Waals surface area (Å²) in [7, 11) is 0. The summed E-state index contributed by atoms with van der Waals surface area (Å²) in [6.45, 7) is 6.65. The van der Waals surface area contributed by atoms with Gasteiger partial charge in [0, 0.05) is 16.7 Å². The standard InChI is InChI=1S/C13H19BrN2O2/c1-4-8(3)7-15-12(17)9-6-10(14)11(5-2)16-13(9)18/h6,8H,4-5,7H2,1-3H3,(H,15,17)(H,16,18)/t8-/m0/s1. The van der Waals surface area contributed by atoms with E-state index in [2.05, 4.69) is 40.1 Å². The van der Waals surface area contributed by atoms with E-state index < -0.39 is 0 Å². The Morgan fingerprint density at radius 1 is 1.50 bits per heavy atom. The molecule has 1 aromatic rings. The first-order chi connectivity index (χ1) is 8.49. The van der Waals surface area contributed by atoms with Crippen LogP contribution in [0.4, 0.5) is 0 Å². The van der Waals surface area contributed by atoms with Crippen molar-refractivity contribution in [2.24, 2.45) is 5.92 Å². The minimum Gasteiger partial charge on any atom is -0.352 e. The van der Waals surface area contributed by atoms with Gasteiger partial charge in [-0.2, -0.15) is 0 Å². The average Bonchev–Trinajstić information content (AvgIpc) is 2.37. The Morgan fingerprint density at radius 2 is 2.17 bits per heavy atom. The lowest BCUT2D eigenvalue weighted by Gasteiger charge is -2.10. The van der Waals surface area contributed by atoms with Crippen LogP contribution in [0.3, 0.4) is 0 Å². The van der Waals surface area contributed by atoms with Crippen molar-refractivity contribution in [2.45, 2.75) is 33.6 Å². The lowest BCUT2D eigenvalue weighted by Crippen LogP contribution is -2.32. The van der Waals surface area contributed by atoms with Gasteiger partial charge in [0.05, 0.1) is 0 Å². The van der Waals surface area contributed by atoms with E-state index in [0.717, 1.165) is 16.6 Å². The molecule has 1 rings (SSSR count). The molecule has 0 spiro atoms. The number of aryl methyl sites for hydroxylation is 1. The highest BCUT2D eigenvalue weighted by Gasteiger charge is 2.13. The third-order valence-corrected chi connectivity index (χ3v) is 3.68. The Morgan fingerprint density at radius 3 is 2.72 bits per heavy atom. The lowest BCUT2D eigenvalue weighted by atomic mass is 10.1. The Hall–Kier alpha value is -1.10. The van der Waals surface area contributed by atoms with Crippen molar-refractivity contribution in [3.63, 3.8) is 0 Å². The molecule has 0 saturated heterocycles. The Kier molecular flexibility index (Phi) is 5.59. The van der Waals surface area contributed by atoms with Crippen LogP contribution < -0.4 is 10.9 Å². The van der Waals surface area contributed by atoms with Crippen molar-refractivity contribution >= 4 is 21.8 Å². The predicted molar refractivity (Wildman–Crippen MR) is 75.9 cm³/mol. The van der Waals surface area contributed by atoms with E-state index in [0.29, 0.717) is 18.9 Å². The fourth-order valence-electron chi connectivity index (χ4n) is 1.48. The van der Waals surface area contributed by atoms with Crippen LogP contribution >= 0.6 is 15.9 Å². The first-order valence-electron chi connectivity index (χ1n) is 6.19. The number of carbonyl (C=O) groups is 1. The maximum Gasteiger partial charge on any atom is 0.261 e. The minimum atomic E-state index is -0.336. The topological polar surface area (TPSA) is 62.0 Å². The van der Waals surface area contributed by atoms with Gasteiger partial charge in [-0.1, -0.05) is 27.2 Å². The molecule has 2 N–H and O–H groups in total. The van der Waals surface area contributed by atoms with Crippen LogP contribution in [0.15, 0.2) is 15.3 Å². The highest BCUT2D eigenvalue weighted by atomic mass is 79.9. The predicted octanol–water partition coefficient (Wildman–Crippen LogP) is 2.48. The normalized spacial score (nSPS) is 12.2. The molecule has 0 unspecified atom stereocenters. The van der Waals surface area contributed by atoms with Gasteiger partial charge in [-0.3, -0.25) is 9.59 Å². The van der Waals surface area contributed by atoms with Crippen LogP contribution in [0.25, 0.3) is 0 Å². The van der Waals surface area contributed by atoms with Gasteiger partial charge in [-0.15, -0.1) is 0 Å². The van der Waals surface area contributed by atoms with Gasteiger partial charge in [0.25, 0.3) is 11.5 Å². The summed E-state index contributed by atoms with van der Waals surface area (Å²) in [5.41, 5.74) is 0.623. The molecule has 0 aliphatic rings. The van der Waals surface area contributed by atoms with Gasteiger partial charge in [0.15, 0.2) is 0 Å². The highest BCUT2D eigenvalue weighted by molar-refractivity contribution is 9.10. The minimum absolute atomic E-state index is 0.155. The number of halogens is 1. The summed E-state index contributed by atoms with van der Waals surface area (Å²) >= 11 is 3.35. The Bertz CT molecular complexity index is 482. The molecule has 0 aliphatic heterocycles. The number of carbonyl (C=O) groups excluding carboxylic acids is 1. The largest absolute Gasteiger partial charge is 0.352 e. The zero-order chi connectivity index (χ0) is 13.7. The molecule has 0 radical (unpaired) electrons. The molecule has 1 heterocycles. The molecule has 0 aliphatic carbocycles. The molecule has 4 nitrogen and oxygen atoms in total. The number of rotatable bonds is 5. The molecule has 1 atom stereocenters. The van der Waals surface area contributed by atoms with E-state index in [4.69, 9.17) is 0 Å². The van der Waals surface area contributed by atoms with Gasteiger partial charge >= 0.3 is 0 Å². The van der Waals surface area contributed by atoms with Crippen LogP contribution in [0, 0.1) is 5.92 Å². The van der Waals surface area contributed by atoms with Gasteiger partial charge in [0.1, 0.15) is 5.56 Å². The molecule has 0 bridgehead atoms. The van der Waals surface area contributed by atoms with E-state index in [-0.39, 0.29) is 17.0 Å². The first-order valence-corrected chi connectivity index (χ1v) is 6.98. The van der Waals surface area contributed by atoms with Crippen molar-refractivity contribution < 1.29 is 4.79 Å². The second kappa shape index (κ2) is 6.73. The molecule has 100 valence electrons. The summed E-state index contributed by atoms with van der Waals surface area (Å²) in [6.07, 6.45) is 1.71. The van der Waals surface area contributed by atoms with Gasteiger partial charge in [0.2, 0.25) is 0 Å². The van der Waals surface area contributed by atoms with Crippen LogP contribution in [0.2, 0.25) is 0 Å². The third-order valence-electron chi connectivity index (χ3n) is 2.97. The number of hydrogen-bond donors (Lipinski definition) is 2. The number of aromatic nitrogens is 1. The zero-order valence-corrected chi connectivity index (χ0v) is 12.6. The maximum absolute atomic E-state index is 11.9. The fourth-order valence-corrected chi connectivity index (χ4v) is 2.08. The molecule has 0 saturated carbocycles. The second-order valence-electron chi connectivity index (χ2n) is 4.42. The molecular weight excluding hydrogens is 296 g/mol. The Labute approximate surface area is 115 Å². The smallest absolute Gasteiger partial charge is 0.261 e. The lowest BCUT2D eigenvalue weighted by molar-refractivity contribution is 0.0946. The first kappa shape index (κ1) is 15.0. The number of H-pyrrole nitrogens is 1. The summed E-state index contributed by atoms with van der Waals surface area (Å²) in [5, 5.41) is 2.78. The second-order valence-corrected chi connectivity index (χ2v) is 5.27. The van der Waals surface area contributed by atoms with Gasteiger partial charge in [-0.25, -0.2) is 0 Å². The monoisotopic (exact) mass is 314 g/mol. The van der Waals surface area contributed by atoms with Crippen LogP contribution in [-0.2, 0) is 6.42 Å². The molecule has 5 heteroatoms. The van der Waals surface area contributed by atoms with Crippen molar-refractivity contribution in [2.75, 3.05) is 6.54 Å². The van der Waals surface area contributed by atoms with Gasteiger partial charge < -0.3 is 10.3 Å². The quantitative estimate of drug-likeness (QED) is 0.877. The fraction of sp³-hybridized carbons (Fsp3) is 0.538. The molecular formula is C13H19BrN2O2.